The molecule has 194 valence electrons. The lowest BCUT2D eigenvalue weighted by Gasteiger charge is -2.32. The van der Waals surface area contributed by atoms with E-state index >= 15 is 0 Å². The summed E-state index contributed by atoms with van der Waals surface area (Å²) in [6, 6.07) is 23.2. The molecule has 0 saturated carbocycles. The minimum absolute atomic E-state index is 0.0238. The van der Waals surface area contributed by atoms with Crippen molar-refractivity contribution < 1.29 is 19.1 Å². The summed E-state index contributed by atoms with van der Waals surface area (Å²) in [4.78, 5) is 29.1. The Morgan fingerprint density at radius 3 is 2.35 bits per heavy atom. The van der Waals surface area contributed by atoms with E-state index in [0.29, 0.717) is 25.1 Å². The zero-order valence-electron chi connectivity index (χ0n) is 21.9. The maximum absolute atomic E-state index is 13.8. The Morgan fingerprint density at radius 2 is 1.62 bits per heavy atom. The molecule has 0 saturated heterocycles. The van der Waals surface area contributed by atoms with Gasteiger partial charge in [0.2, 0.25) is 18.6 Å². The van der Waals surface area contributed by atoms with Crippen LogP contribution in [0.15, 0.2) is 72.8 Å². The van der Waals surface area contributed by atoms with E-state index in [-0.39, 0.29) is 31.1 Å². The largest absolute Gasteiger partial charge is 0.454 e. The molecule has 3 aromatic carbocycles. The van der Waals surface area contributed by atoms with E-state index in [2.05, 4.69) is 5.32 Å². The molecule has 4 rings (SSSR count). The van der Waals surface area contributed by atoms with Gasteiger partial charge in [-0.15, -0.1) is 0 Å². The van der Waals surface area contributed by atoms with E-state index in [9.17, 15) is 9.59 Å². The lowest BCUT2D eigenvalue weighted by atomic mass is 10.0. The molecule has 0 aliphatic carbocycles. The lowest BCUT2D eigenvalue weighted by Crippen LogP contribution is -2.52. The molecule has 6 nitrogen and oxygen atoms in total. The summed E-state index contributed by atoms with van der Waals surface area (Å²) < 4.78 is 10.9. The molecule has 1 aliphatic rings. The first-order chi connectivity index (χ1) is 17.9. The Labute approximate surface area is 219 Å². The van der Waals surface area contributed by atoms with Crippen LogP contribution in [0.25, 0.3) is 0 Å². The van der Waals surface area contributed by atoms with Crippen LogP contribution in [0.1, 0.15) is 48.9 Å². The molecule has 1 aliphatic heterocycles. The van der Waals surface area contributed by atoms with Gasteiger partial charge in [-0.25, -0.2) is 0 Å². The van der Waals surface area contributed by atoms with Crippen LogP contribution < -0.4 is 14.8 Å². The second kappa shape index (κ2) is 12.4. The first kappa shape index (κ1) is 26.3. The Kier molecular flexibility index (Phi) is 8.83. The highest BCUT2D eigenvalue weighted by atomic mass is 16.7. The molecular formula is C31H36N2O4. The monoisotopic (exact) mass is 500 g/mol. The number of nitrogens with zero attached hydrogens (tertiary/aromatic N) is 1. The zero-order chi connectivity index (χ0) is 26.2. The molecule has 6 heteroatoms. The normalized spacial score (nSPS) is 13.6. The number of nitrogens with one attached hydrogen (secondary N) is 1. The molecule has 0 spiro atoms. The van der Waals surface area contributed by atoms with Crippen molar-refractivity contribution in [3.05, 3.63) is 95.1 Å². The van der Waals surface area contributed by atoms with Gasteiger partial charge in [0.05, 0.1) is 0 Å². The van der Waals surface area contributed by atoms with Crippen molar-refractivity contribution in [1.29, 1.82) is 0 Å². The maximum atomic E-state index is 13.8. The summed E-state index contributed by atoms with van der Waals surface area (Å²) in [6.07, 6.45) is 2.10. The fraction of sp³-hybridized carbons (Fsp3) is 0.355. The van der Waals surface area contributed by atoms with E-state index in [0.717, 1.165) is 34.4 Å². The van der Waals surface area contributed by atoms with Gasteiger partial charge in [0.15, 0.2) is 11.5 Å². The summed E-state index contributed by atoms with van der Waals surface area (Å²) in [5.74, 6) is 1.25. The average Bonchev–Trinajstić information content (AvgIpc) is 3.39. The number of aryl methyl sites for hydroxylation is 2. The van der Waals surface area contributed by atoms with Gasteiger partial charge < -0.3 is 19.7 Å². The van der Waals surface area contributed by atoms with Crippen LogP contribution in [0.5, 0.6) is 11.5 Å². The van der Waals surface area contributed by atoms with Gasteiger partial charge in [-0.05, 0) is 55.5 Å². The number of amides is 2. The van der Waals surface area contributed by atoms with Crippen LogP contribution in [0, 0.1) is 6.92 Å². The molecule has 2 amide bonds. The second-order valence-corrected chi connectivity index (χ2v) is 9.72. The number of benzene rings is 3. The Balaban J connectivity index is 1.59. The average molecular weight is 501 g/mol. The number of fused-ring (bicyclic) bond motifs is 1. The standard InChI is InChI=1S/C31H36N2O4/c1-4-23(3)32-31(35)27(18-24-8-6-5-7-9-24)33(20-26-12-10-22(2)11-13-26)30(34)17-15-25-14-16-28-29(19-25)37-21-36-28/h5-14,16,19,23,27H,4,15,17-18,20-21H2,1-3H3,(H,32,35)/t23-,27+/m0/s1. The van der Waals surface area contributed by atoms with Crippen molar-refractivity contribution in [2.45, 2.75) is 65.1 Å². The van der Waals surface area contributed by atoms with Crippen molar-refractivity contribution in [1.82, 2.24) is 10.2 Å². The quantitative estimate of drug-likeness (QED) is 0.392. The van der Waals surface area contributed by atoms with Crippen molar-refractivity contribution in [2.75, 3.05) is 6.79 Å². The number of carbonyl (C=O) groups excluding carboxylic acids is 2. The highest BCUT2D eigenvalue weighted by Gasteiger charge is 2.31. The first-order valence-electron chi connectivity index (χ1n) is 13.0. The smallest absolute Gasteiger partial charge is 0.243 e. The fourth-order valence-electron chi connectivity index (χ4n) is 4.38. The highest BCUT2D eigenvalue weighted by molar-refractivity contribution is 5.88. The van der Waals surface area contributed by atoms with E-state index in [1.807, 2.05) is 93.6 Å². The van der Waals surface area contributed by atoms with Gasteiger partial charge in [-0.1, -0.05) is 73.2 Å². The number of carbonyl (C=O) groups is 2. The molecule has 0 bridgehead atoms. The molecule has 2 atom stereocenters. The number of hydrogen-bond acceptors (Lipinski definition) is 4. The second-order valence-electron chi connectivity index (χ2n) is 9.72. The van der Waals surface area contributed by atoms with E-state index in [4.69, 9.17) is 9.47 Å². The number of rotatable bonds is 11. The summed E-state index contributed by atoms with van der Waals surface area (Å²) in [6.45, 7) is 6.65. The third-order valence-corrected chi connectivity index (χ3v) is 6.81. The van der Waals surface area contributed by atoms with Crippen molar-refractivity contribution in [3.63, 3.8) is 0 Å². The third-order valence-electron chi connectivity index (χ3n) is 6.81. The third kappa shape index (κ3) is 7.13. The summed E-state index contributed by atoms with van der Waals surface area (Å²) >= 11 is 0. The summed E-state index contributed by atoms with van der Waals surface area (Å²) in [7, 11) is 0. The molecule has 1 N–H and O–H groups in total. The first-order valence-corrected chi connectivity index (χ1v) is 13.0. The van der Waals surface area contributed by atoms with Crippen LogP contribution >= 0.6 is 0 Å². The van der Waals surface area contributed by atoms with Gasteiger partial charge in [0, 0.05) is 25.4 Å². The molecule has 0 fully saturated rings. The van der Waals surface area contributed by atoms with E-state index < -0.39 is 6.04 Å². The van der Waals surface area contributed by atoms with Crippen LogP contribution in [-0.2, 0) is 29.0 Å². The van der Waals surface area contributed by atoms with Crippen LogP contribution in [0.2, 0.25) is 0 Å². The Morgan fingerprint density at radius 1 is 0.919 bits per heavy atom. The van der Waals surface area contributed by atoms with Crippen molar-refractivity contribution >= 4 is 11.8 Å². The Bertz CT molecular complexity index is 1190. The number of ether oxygens (including phenoxy) is 2. The highest BCUT2D eigenvalue weighted by Crippen LogP contribution is 2.33. The molecule has 0 aromatic heterocycles. The minimum atomic E-state index is -0.623. The lowest BCUT2D eigenvalue weighted by molar-refractivity contribution is -0.141. The molecule has 3 aromatic rings. The molecule has 1 heterocycles. The van der Waals surface area contributed by atoms with Gasteiger partial charge in [0.25, 0.3) is 0 Å². The van der Waals surface area contributed by atoms with Crippen molar-refractivity contribution in [2.24, 2.45) is 0 Å². The predicted octanol–water partition coefficient (Wildman–Crippen LogP) is 5.21. The van der Waals surface area contributed by atoms with E-state index in [1.54, 1.807) is 4.90 Å². The summed E-state index contributed by atoms with van der Waals surface area (Å²) in [5.41, 5.74) is 4.16. The molecular weight excluding hydrogens is 464 g/mol. The van der Waals surface area contributed by atoms with Crippen LogP contribution in [0.4, 0.5) is 0 Å². The topological polar surface area (TPSA) is 67.9 Å². The van der Waals surface area contributed by atoms with Gasteiger partial charge >= 0.3 is 0 Å². The number of hydrogen-bond donors (Lipinski definition) is 1. The van der Waals surface area contributed by atoms with Gasteiger partial charge in [-0.2, -0.15) is 0 Å². The Hall–Kier alpha value is -3.80. The maximum Gasteiger partial charge on any atom is 0.243 e. The SMILES string of the molecule is CC[C@H](C)NC(=O)[C@@H](Cc1ccccc1)N(Cc1ccc(C)cc1)C(=O)CCc1ccc2c(c1)OCO2. The van der Waals surface area contributed by atoms with Gasteiger partial charge in [0.1, 0.15) is 6.04 Å². The fourth-order valence-corrected chi connectivity index (χ4v) is 4.38. The molecule has 0 unspecified atom stereocenters. The van der Waals surface area contributed by atoms with Crippen LogP contribution in [-0.4, -0.2) is 35.6 Å². The molecule has 0 radical (unpaired) electrons. The van der Waals surface area contributed by atoms with Crippen LogP contribution in [0.3, 0.4) is 0 Å². The predicted molar refractivity (Wildman–Crippen MR) is 144 cm³/mol. The van der Waals surface area contributed by atoms with E-state index in [1.165, 1.54) is 0 Å². The van der Waals surface area contributed by atoms with Gasteiger partial charge in [-0.3, -0.25) is 9.59 Å². The summed E-state index contributed by atoms with van der Waals surface area (Å²) in [5, 5.41) is 3.12. The van der Waals surface area contributed by atoms with Crippen molar-refractivity contribution in [3.8, 4) is 11.5 Å². The zero-order valence-corrected chi connectivity index (χ0v) is 21.9. The minimum Gasteiger partial charge on any atom is -0.454 e. The molecule has 37 heavy (non-hydrogen) atoms.